The standard InChI is InChI=1S/C28H23FN6O3/c1-16-10-17(6-7-23(16)29)15-35-9-3-5-21(28(35)38)27(37)33-13-19-11-18(12-24(34-19)25(30)36)22-14-32-26-20(22)4-2-8-31-26/h2-12,14H,13,15H2,1H3,(H2,30,36)(H,31,32)(H,33,37). The van der Waals surface area contributed by atoms with E-state index in [0.29, 0.717) is 22.5 Å². The monoisotopic (exact) mass is 510 g/mol. The molecular weight excluding hydrogens is 487 g/mol. The molecule has 1 aromatic carbocycles. The number of nitrogens with one attached hydrogen (secondary N) is 2. The smallest absolute Gasteiger partial charge is 0.267 e. The minimum Gasteiger partial charge on any atom is -0.364 e. The van der Waals surface area contributed by atoms with Gasteiger partial charge in [-0.15, -0.1) is 0 Å². The number of benzene rings is 1. The summed E-state index contributed by atoms with van der Waals surface area (Å²) in [6, 6.07) is 14.7. The minimum absolute atomic E-state index is 0.0426. The number of H-pyrrole nitrogens is 1. The third-order valence-corrected chi connectivity index (χ3v) is 6.16. The second kappa shape index (κ2) is 10.1. The summed E-state index contributed by atoms with van der Waals surface area (Å²) >= 11 is 0. The molecule has 0 saturated carbocycles. The Morgan fingerprint density at radius 3 is 2.76 bits per heavy atom. The van der Waals surface area contributed by atoms with E-state index in [2.05, 4.69) is 20.3 Å². The normalized spacial score (nSPS) is 11.0. The Labute approximate surface area is 216 Å². The van der Waals surface area contributed by atoms with Gasteiger partial charge in [0.15, 0.2) is 0 Å². The summed E-state index contributed by atoms with van der Waals surface area (Å²) in [5, 5.41) is 3.56. The van der Waals surface area contributed by atoms with E-state index in [1.54, 1.807) is 61.9 Å². The maximum Gasteiger partial charge on any atom is 0.267 e. The summed E-state index contributed by atoms with van der Waals surface area (Å²) in [6.45, 7) is 1.79. The SMILES string of the molecule is Cc1cc(Cn2cccc(C(=O)NCc3cc(-c4c[nH]c5ncccc45)cc(C(N)=O)n3)c2=O)ccc1F. The van der Waals surface area contributed by atoms with Gasteiger partial charge in [-0.1, -0.05) is 12.1 Å². The van der Waals surface area contributed by atoms with E-state index in [9.17, 15) is 18.8 Å². The maximum absolute atomic E-state index is 13.6. The molecule has 38 heavy (non-hydrogen) atoms. The summed E-state index contributed by atoms with van der Waals surface area (Å²) in [4.78, 5) is 49.5. The van der Waals surface area contributed by atoms with Crippen molar-refractivity contribution >= 4 is 22.8 Å². The number of aromatic nitrogens is 4. The van der Waals surface area contributed by atoms with Crippen LogP contribution in [0.1, 0.15) is 37.7 Å². The van der Waals surface area contributed by atoms with Crippen LogP contribution in [0.15, 0.2) is 78.0 Å². The van der Waals surface area contributed by atoms with Gasteiger partial charge in [0.25, 0.3) is 17.4 Å². The molecule has 0 saturated heterocycles. The van der Waals surface area contributed by atoms with Crippen molar-refractivity contribution in [1.82, 2.24) is 24.8 Å². The van der Waals surface area contributed by atoms with Gasteiger partial charge < -0.3 is 20.6 Å². The molecule has 0 atom stereocenters. The molecule has 0 fully saturated rings. The van der Waals surface area contributed by atoms with Gasteiger partial charge in [0.1, 0.15) is 22.7 Å². The number of fused-ring (bicyclic) bond motifs is 1. The number of hydrogen-bond donors (Lipinski definition) is 3. The maximum atomic E-state index is 13.6. The predicted molar refractivity (Wildman–Crippen MR) is 140 cm³/mol. The molecule has 0 radical (unpaired) electrons. The van der Waals surface area contributed by atoms with Crippen LogP contribution in [0.25, 0.3) is 22.2 Å². The van der Waals surface area contributed by atoms with Crippen molar-refractivity contribution in [3.05, 3.63) is 117 Å². The van der Waals surface area contributed by atoms with Gasteiger partial charge >= 0.3 is 0 Å². The van der Waals surface area contributed by atoms with Crippen molar-refractivity contribution in [2.24, 2.45) is 5.73 Å². The molecule has 9 nitrogen and oxygen atoms in total. The molecule has 4 N–H and O–H groups in total. The Kier molecular flexibility index (Phi) is 6.53. The number of primary amides is 1. The lowest BCUT2D eigenvalue weighted by atomic mass is 10.0. The second-order valence-corrected chi connectivity index (χ2v) is 8.82. The first-order chi connectivity index (χ1) is 18.3. The summed E-state index contributed by atoms with van der Waals surface area (Å²) in [5.74, 6) is -1.63. The van der Waals surface area contributed by atoms with Gasteiger partial charge in [-0.2, -0.15) is 0 Å². The van der Waals surface area contributed by atoms with Crippen molar-refractivity contribution in [3.8, 4) is 11.1 Å². The zero-order chi connectivity index (χ0) is 26.8. The summed E-state index contributed by atoms with van der Waals surface area (Å²) < 4.78 is 15.0. The fourth-order valence-electron chi connectivity index (χ4n) is 4.26. The number of pyridine rings is 3. The zero-order valence-electron chi connectivity index (χ0n) is 20.4. The Morgan fingerprint density at radius 1 is 1.13 bits per heavy atom. The number of aryl methyl sites for hydroxylation is 1. The van der Waals surface area contributed by atoms with Crippen LogP contribution < -0.4 is 16.6 Å². The molecule has 0 aliphatic rings. The third-order valence-electron chi connectivity index (χ3n) is 6.16. The Balaban J connectivity index is 1.38. The van der Waals surface area contributed by atoms with Crippen LogP contribution >= 0.6 is 0 Å². The molecule has 4 heterocycles. The Bertz CT molecular complexity index is 1760. The highest BCUT2D eigenvalue weighted by atomic mass is 19.1. The summed E-state index contributed by atoms with van der Waals surface area (Å²) in [6.07, 6.45) is 5.01. The number of halogens is 1. The molecule has 2 amide bonds. The van der Waals surface area contributed by atoms with Gasteiger partial charge in [-0.05, 0) is 66.1 Å². The van der Waals surface area contributed by atoms with Gasteiger partial charge in [0.2, 0.25) is 0 Å². The van der Waals surface area contributed by atoms with Crippen LogP contribution in [0.2, 0.25) is 0 Å². The van der Waals surface area contributed by atoms with Crippen LogP contribution in [0.5, 0.6) is 0 Å². The van der Waals surface area contributed by atoms with Crippen molar-refractivity contribution in [2.45, 2.75) is 20.0 Å². The highest BCUT2D eigenvalue weighted by molar-refractivity contribution is 5.97. The van der Waals surface area contributed by atoms with Crippen LogP contribution in [0.3, 0.4) is 0 Å². The van der Waals surface area contributed by atoms with Crippen molar-refractivity contribution < 1.29 is 14.0 Å². The first-order valence-corrected chi connectivity index (χ1v) is 11.8. The van der Waals surface area contributed by atoms with Gasteiger partial charge in [-0.3, -0.25) is 14.4 Å². The average Bonchev–Trinajstić information content (AvgIpc) is 3.35. The number of aromatic amines is 1. The van der Waals surface area contributed by atoms with Gasteiger partial charge in [0.05, 0.1) is 18.8 Å². The van der Waals surface area contributed by atoms with E-state index in [-0.39, 0.29) is 30.2 Å². The van der Waals surface area contributed by atoms with Crippen LogP contribution in [-0.2, 0) is 13.1 Å². The highest BCUT2D eigenvalue weighted by Crippen LogP contribution is 2.28. The lowest BCUT2D eigenvalue weighted by Gasteiger charge is -2.11. The Morgan fingerprint density at radius 2 is 1.97 bits per heavy atom. The number of carbonyl (C=O) groups excluding carboxylic acids is 2. The van der Waals surface area contributed by atoms with E-state index in [1.807, 2.05) is 6.07 Å². The molecule has 0 aliphatic heterocycles. The molecular formula is C28H23FN6O3. The predicted octanol–water partition coefficient (Wildman–Crippen LogP) is 3.31. The van der Waals surface area contributed by atoms with Crippen molar-refractivity contribution in [3.63, 3.8) is 0 Å². The van der Waals surface area contributed by atoms with E-state index >= 15 is 0 Å². The molecule has 0 unspecified atom stereocenters. The molecule has 5 rings (SSSR count). The fourth-order valence-corrected chi connectivity index (χ4v) is 4.26. The highest BCUT2D eigenvalue weighted by Gasteiger charge is 2.16. The van der Waals surface area contributed by atoms with Crippen LogP contribution in [-0.4, -0.2) is 31.3 Å². The van der Waals surface area contributed by atoms with E-state index in [0.717, 1.165) is 16.5 Å². The van der Waals surface area contributed by atoms with Gasteiger partial charge in [-0.25, -0.2) is 14.4 Å². The van der Waals surface area contributed by atoms with Crippen LogP contribution in [0.4, 0.5) is 4.39 Å². The van der Waals surface area contributed by atoms with Crippen molar-refractivity contribution in [2.75, 3.05) is 0 Å². The van der Waals surface area contributed by atoms with Crippen molar-refractivity contribution in [1.29, 1.82) is 0 Å². The number of nitrogens with two attached hydrogens (primary N) is 1. The van der Waals surface area contributed by atoms with Gasteiger partial charge in [0, 0.05) is 29.5 Å². The summed E-state index contributed by atoms with van der Waals surface area (Å²) in [5.41, 5.74) is 8.76. The first-order valence-electron chi connectivity index (χ1n) is 11.8. The molecule has 0 aliphatic carbocycles. The molecule has 190 valence electrons. The minimum atomic E-state index is -0.709. The molecule has 10 heteroatoms. The van der Waals surface area contributed by atoms with E-state index in [4.69, 9.17) is 5.73 Å². The molecule has 4 aromatic heterocycles. The summed E-state index contributed by atoms with van der Waals surface area (Å²) in [7, 11) is 0. The van der Waals surface area contributed by atoms with E-state index in [1.165, 1.54) is 16.7 Å². The number of nitrogens with zero attached hydrogens (tertiary/aromatic N) is 3. The lowest BCUT2D eigenvalue weighted by Crippen LogP contribution is -2.33. The Hall–Kier alpha value is -5.12. The van der Waals surface area contributed by atoms with Crippen LogP contribution in [0, 0.1) is 12.7 Å². The number of rotatable bonds is 7. The quantitative estimate of drug-likeness (QED) is 0.309. The number of carbonyl (C=O) groups is 2. The van der Waals surface area contributed by atoms with E-state index < -0.39 is 17.4 Å². The second-order valence-electron chi connectivity index (χ2n) is 8.82. The lowest BCUT2D eigenvalue weighted by molar-refractivity contribution is 0.0948. The average molecular weight is 511 g/mol. The largest absolute Gasteiger partial charge is 0.364 e. The topological polar surface area (TPSA) is 136 Å². The first kappa shape index (κ1) is 24.6. The number of amides is 2. The zero-order valence-corrected chi connectivity index (χ0v) is 20.4. The molecule has 0 spiro atoms. The molecule has 5 aromatic rings. The number of hydrogen-bond acceptors (Lipinski definition) is 5. The fraction of sp³-hybridized carbons (Fsp3) is 0.107. The third kappa shape index (κ3) is 4.92. The molecule has 0 bridgehead atoms.